The van der Waals surface area contributed by atoms with Crippen LogP contribution in [0, 0.1) is 62.6 Å². The van der Waals surface area contributed by atoms with Gasteiger partial charge in [0.05, 0.1) is 59.4 Å². The minimum atomic E-state index is -0.253. The molecular weight excluding hydrogens is 310 g/mol. The van der Waals surface area contributed by atoms with E-state index in [2.05, 4.69) is 6.07 Å². The molecule has 0 fully saturated rings. The normalized spacial score (nSPS) is 13.5. The predicted octanol–water partition coefficient (Wildman–Crippen LogP) is 4.30. The zero-order valence-corrected chi connectivity index (χ0v) is 14.0. The van der Waals surface area contributed by atoms with E-state index in [-0.39, 0.29) is 23.5 Å². The maximum atomic E-state index is 9.13. The van der Waals surface area contributed by atoms with Crippen molar-refractivity contribution in [3.05, 3.63) is 59.3 Å². The highest BCUT2D eigenvalue weighted by Gasteiger charge is 2.00. The van der Waals surface area contributed by atoms with Crippen LogP contribution in [0.1, 0.15) is 26.2 Å². The van der Waals surface area contributed by atoms with Crippen molar-refractivity contribution in [2.24, 2.45) is 5.92 Å². The van der Waals surface area contributed by atoms with Gasteiger partial charge in [-0.25, -0.2) is 0 Å². The Kier molecular flexibility index (Phi) is 11.7. The van der Waals surface area contributed by atoms with E-state index in [0.717, 1.165) is 6.42 Å². The van der Waals surface area contributed by atoms with Gasteiger partial charge in [-0.05, 0) is 36.8 Å². The van der Waals surface area contributed by atoms with Crippen LogP contribution < -0.4 is 0 Å². The van der Waals surface area contributed by atoms with Gasteiger partial charge >= 0.3 is 0 Å². The molecule has 122 valence electrons. The first kappa shape index (κ1) is 21.1. The first-order valence-corrected chi connectivity index (χ1v) is 7.60. The number of nitrogens with zero attached hydrogens (tertiary/aromatic N) is 5. The van der Waals surface area contributed by atoms with E-state index in [1.54, 1.807) is 12.2 Å². The lowest BCUT2D eigenvalue weighted by Crippen LogP contribution is -1.90. The molecule has 5 heteroatoms. The first-order chi connectivity index (χ1) is 12.1. The zero-order chi connectivity index (χ0) is 18.9. The quantitative estimate of drug-likeness (QED) is 0.486. The Labute approximate surface area is 148 Å². The molecule has 0 aliphatic heterocycles. The van der Waals surface area contributed by atoms with Gasteiger partial charge < -0.3 is 0 Å². The fourth-order valence-corrected chi connectivity index (χ4v) is 1.69. The van der Waals surface area contributed by atoms with Crippen molar-refractivity contribution in [1.29, 1.82) is 26.3 Å². The highest BCUT2D eigenvalue weighted by molar-refractivity contribution is 5.48. The Balaban J connectivity index is 5.40. The van der Waals surface area contributed by atoms with E-state index in [1.807, 2.05) is 31.2 Å². The van der Waals surface area contributed by atoms with Crippen molar-refractivity contribution in [3.63, 3.8) is 0 Å². The average molecular weight is 327 g/mol. The summed E-state index contributed by atoms with van der Waals surface area (Å²) in [6, 6.07) is 9.92. The second-order valence-corrected chi connectivity index (χ2v) is 4.83. The van der Waals surface area contributed by atoms with Crippen molar-refractivity contribution >= 4 is 0 Å². The van der Waals surface area contributed by atoms with Gasteiger partial charge in [0, 0.05) is 0 Å². The van der Waals surface area contributed by atoms with Gasteiger partial charge in [-0.15, -0.1) is 0 Å². The number of nitriles is 5. The van der Waals surface area contributed by atoms with Crippen LogP contribution in [0.2, 0.25) is 0 Å². The van der Waals surface area contributed by atoms with Crippen LogP contribution in [0.5, 0.6) is 0 Å². The maximum Gasteiger partial charge on any atom is 0.0992 e. The smallest absolute Gasteiger partial charge is 0.0992 e. The molecule has 0 aliphatic carbocycles. The topological polar surface area (TPSA) is 119 Å². The van der Waals surface area contributed by atoms with E-state index in [9.17, 15) is 0 Å². The Hall–Kier alpha value is -3.85. The Bertz CT molecular complexity index is 803. The van der Waals surface area contributed by atoms with Crippen LogP contribution in [-0.4, -0.2) is 0 Å². The summed E-state index contributed by atoms with van der Waals surface area (Å²) in [5.74, 6) is -0.253. The molecule has 0 aromatic rings. The molecule has 1 atom stereocenters. The molecule has 25 heavy (non-hydrogen) atoms. The molecule has 0 spiro atoms. The Morgan fingerprint density at radius 2 is 1.52 bits per heavy atom. The van der Waals surface area contributed by atoms with Gasteiger partial charge in [0.25, 0.3) is 0 Å². The zero-order valence-electron chi connectivity index (χ0n) is 14.0. The molecule has 0 saturated carbocycles. The van der Waals surface area contributed by atoms with E-state index < -0.39 is 0 Å². The molecule has 0 heterocycles. The van der Waals surface area contributed by atoms with Crippen LogP contribution in [0.25, 0.3) is 0 Å². The summed E-state index contributed by atoms with van der Waals surface area (Å²) in [7, 11) is 0. The summed E-state index contributed by atoms with van der Waals surface area (Å²) in [6.07, 6.45) is 12.2. The summed E-state index contributed by atoms with van der Waals surface area (Å²) >= 11 is 0. The second-order valence-electron chi connectivity index (χ2n) is 4.83. The third-order valence-corrected chi connectivity index (χ3v) is 2.92. The van der Waals surface area contributed by atoms with Crippen LogP contribution in [0.4, 0.5) is 0 Å². The highest BCUT2D eigenvalue weighted by Crippen LogP contribution is 2.10. The molecule has 0 bridgehead atoms. The summed E-state index contributed by atoms with van der Waals surface area (Å²) < 4.78 is 0. The second kappa shape index (κ2) is 13.8. The molecule has 0 aromatic heterocycles. The van der Waals surface area contributed by atoms with Crippen LogP contribution >= 0.6 is 0 Å². The predicted molar refractivity (Wildman–Crippen MR) is 93.6 cm³/mol. The molecule has 0 saturated heterocycles. The first-order valence-electron chi connectivity index (χ1n) is 7.60. The SMILES string of the molecule is CCCC(C#N)/C=C/C(C#N)=C/C=C(C#N)/C=C(C#N)/C=C/CC#N. The van der Waals surface area contributed by atoms with E-state index in [0.29, 0.717) is 12.0 Å². The standard InChI is InChI=1S/C20H17N5/c1-2-5-17(13-22)7-8-18(14-23)9-10-20(16-25)12-19(15-24)6-3-4-11-21/h3,6-10,12,17H,2,4-5H2,1H3/b6-3+,8-7+,18-9-,19-12-,20-10-. The van der Waals surface area contributed by atoms with Crippen LogP contribution in [0.15, 0.2) is 59.3 Å². The fourth-order valence-electron chi connectivity index (χ4n) is 1.69. The Morgan fingerprint density at radius 1 is 0.880 bits per heavy atom. The number of hydrogen-bond acceptors (Lipinski definition) is 5. The van der Waals surface area contributed by atoms with E-state index >= 15 is 0 Å². The summed E-state index contributed by atoms with van der Waals surface area (Å²) in [5.41, 5.74) is 0.735. The van der Waals surface area contributed by atoms with E-state index in [4.69, 9.17) is 26.3 Å². The molecule has 0 radical (unpaired) electrons. The molecule has 0 amide bonds. The van der Waals surface area contributed by atoms with Crippen LogP contribution in [-0.2, 0) is 0 Å². The van der Waals surface area contributed by atoms with Crippen molar-refractivity contribution < 1.29 is 0 Å². The van der Waals surface area contributed by atoms with Gasteiger partial charge in [0.2, 0.25) is 0 Å². The maximum absolute atomic E-state index is 9.13. The fraction of sp³-hybridized carbons (Fsp3) is 0.250. The third kappa shape index (κ3) is 9.71. The van der Waals surface area contributed by atoms with Gasteiger partial charge in [0.15, 0.2) is 0 Å². The largest absolute Gasteiger partial charge is 0.198 e. The lowest BCUT2D eigenvalue weighted by molar-refractivity contribution is 0.701. The molecule has 0 aliphatic rings. The minimum Gasteiger partial charge on any atom is -0.198 e. The van der Waals surface area contributed by atoms with E-state index in [1.165, 1.54) is 30.4 Å². The Morgan fingerprint density at radius 3 is 2.04 bits per heavy atom. The summed E-state index contributed by atoms with van der Waals surface area (Å²) in [5, 5.41) is 44.7. The number of allylic oxidation sites excluding steroid dienone is 10. The summed E-state index contributed by atoms with van der Waals surface area (Å²) in [6.45, 7) is 1.98. The molecule has 5 nitrogen and oxygen atoms in total. The molecule has 0 aromatic carbocycles. The van der Waals surface area contributed by atoms with Gasteiger partial charge in [0.1, 0.15) is 0 Å². The number of hydrogen-bond donors (Lipinski definition) is 0. The lowest BCUT2D eigenvalue weighted by Gasteiger charge is -1.98. The average Bonchev–Trinajstić information content (AvgIpc) is 2.64. The van der Waals surface area contributed by atoms with Gasteiger partial charge in [-0.1, -0.05) is 25.5 Å². The van der Waals surface area contributed by atoms with Gasteiger partial charge in [-0.2, -0.15) is 26.3 Å². The summed E-state index contributed by atoms with van der Waals surface area (Å²) in [4.78, 5) is 0. The van der Waals surface area contributed by atoms with Gasteiger partial charge in [-0.3, -0.25) is 0 Å². The number of rotatable bonds is 8. The van der Waals surface area contributed by atoms with Crippen molar-refractivity contribution in [1.82, 2.24) is 0 Å². The monoisotopic (exact) mass is 327 g/mol. The van der Waals surface area contributed by atoms with Crippen molar-refractivity contribution in [2.75, 3.05) is 0 Å². The van der Waals surface area contributed by atoms with Crippen molar-refractivity contribution in [2.45, 2.75) is 26.2 Å². The molecule has 0 N–H and O–H groups in total. The van der Waals surface area contributed by atoms with Crippen molar-refractivity contribution in [3.8, 4) is 30.3 Å². The molecule has 0 rings (SSSR count). The van der Waals surface area contributed by atoms with Crippen LogP contribution in [0.3, 0.4) is 0 Å². The highest BCUT2D eigenvalue weighted by atomic mass is 14.3. The molecule has 1 unspecified atom stereocenters. The molecular formula is C20H17N5. The minimum absolute atomic E-state index is 0.172. The third-order valence-electron chi connectivity index (χ3n) is 2.92. The lowest BCUT2D eigenvalue weighted by atomic mass is 10.0.